The van der Waals surface area contributed by atoms with Crippen LogP contribution < -0.4 is 9.47 Å². The summed E-state index contributed by atoms with van der Waals surface area (Å²) in [4.78, 5) is 11.1. The van der Waals surface area contributed by atoms with Gasteiger partial charge in [0.1, 0.15) is 5.75 Å². The fourth-order valence-corrected chi connectivity index (χ4v) is 1.20. The van der Waals surface area contributed by atoms with E-state index in [-0.39, 0.29) is 17.1 Å². The molecule has 0 saturated carbocycles. The molecule has 0 unspecified atom stereocenters. The van der Waals surface area contributed by atoms with Crippen LogP contribution >= 0.6 is 0 Å². The Morgan fingerprint density at radius 3 is 2.14 bits per heavy atom. The Balaban J connectivity index is 3.39. The second kappa shape index (κ2) is 4.09. The van der Waals surface area contributed by atoms with Gasteiger partial charge in [-0.15, -0.1) is 0 Å². The molecule has 0 heterocycles. The molecule has 0 radical (unpaired) electrons. The van der Waals surface area contributed by atoms with Crippen LogP contribution in [0.4, 0.5) is 4.39 Å². The van der Waals surface area contributed by atoms with Crippen molar-refractivity contribution in [1.29, 1.82) is 0 Å². The predicted octanol–water partition coefficient (Wildman–Crippen LogP) is 2.05. The van der Waals surface area contributed by atoms with E-state index in [0.29, 0.717) is 0 Å². The zero-order valence-electron chi connectivity index (χ0n) is 8.26. The summed E-state index contributed by atoms with van der Waals surface area (Å²) in [5.41, 5.74) is -0.0770. The van der Waals surface area contributed by atoms with Gasteiger partial charge in [0, 0.05) is 0 Å². The van der Waals surface area contributed by atoms with Crippen molar-refractivity contribution in [3.63, 3.8) is 0 Å². The topological polar surface area (TPSA) is 35.5 Å². The summed E-state index contributed by atoms with van der Waals surface area (Å²) < 4.78 is 23.2. The highest BCUT2D eigenvalue weighted by molar-refractivity contribution is 5.97. The van der Waals surface area contributed by atoms with Crippen molar-refractivity contribution in [3.8, 4) is 11.5 Å². The number of ketones is 1. The summed E-state index contributed by atoms with van der Waals surface area (Å²) in [6.45, 7) is 1.28. The van der Waals surface area contributed by atoms with Crippen LogP contribution in [0, 0.1) is 5.82 Å². The Labute approximate surface area is 81.4 Å². The molecule has 0 aliphatic rings. The van der Waals surface area contributed by atoms with Gasteiger partial charge in [0.2, 0.25) is 0 Å². The molecule has 1 aromatic rings. The Hall–Kier alpha value is -1.58. The van der Waals surface area contributed by atoms with E-state index < -0.39 is 11.6 Å². The van der Waals surface area contributed by atoms with Crippen LogP contribution in [0.5, 0.6) is 11.5 Å². The summed E-state index contributed by atoms with van der Waals surface area (Å²) in [7, 11) is 2.72. The van der Waals surface area contributed by atoms with E-state index in [1.807, 2.05) is 0 Å². The van der Waals surface area contributed by atoms with Gasteiger partial charge >= 0.3 is 0 Å². The maximum absolute atomic E-state index is 13.5. The van der Waals surface area contributed by atoms with Gasteiger partial charge in [-0.2, -0.15) is 0 Å². The second-order valence-electron chi connectivity index (χ2n) is 2.72. The lowest BCUT2D eigenvalue weighted by Gasteiger charge is -2.09. The summed E-state index contributed by atoms with van der Waals surface area (Å²) in [5.74, 6) is -0.815. The number of hydrogen-bond acceptors (Lipinski definition) is 3. The molecule has 0 amide bonds. The summed E-state index contributed by atoms with van der Waals surface area (Å²) >= 11 is 0. The molecule has 0 bridgehead atoms. The summed E-state index contributed by atoms with van der Waals surface area (Å²) in [5, 5.41) is 0. The number of ether oxygens (including phenoxy) is 2. The molecule has 0 fully saturated rings. The fraction of sp³-hybridized carbons (Fsp3) is 0.300. The van der Waals surface area contributed by atoms with Crippen molar-refractivity contribution >= 4 is 5.78 Å². The highest BCUT2D eigenvalue weighted by atomic mass is 19.1. The van der Waals surface area contributed by atoms with Gasteiger partial charge in [0.25, 0.3) is 0 Å². The highest BCUT2D eigenvalue weighted by Crippen LogP contribution is 2.28. The number of rotatable bonds is 3. The van der Waals surface area contributed by atoms with Crippen molar-refractivity contribution in [2.24, 2.45) is 0 Å². The standard InChI is InChI=1S/C10H11FO3/c1-6(12)9-7(13-2)4-5-8(14-3)10(9)11/h4-5H,1-3H3. The first-order valence-electron chi connectivity index (χ1n) is 4.03. The minimum Gasteiger partial charge on any atom is -0.496 e. The molecule has 1 aromatic carbocycles. The first kappa shape index (κ1) is 10.5. The van der Waals surface area contributed by atoms with Crippen molar-refractivity contribution in [1.82, 2.24) is 0 Å². The van der Waals surface area contributed by atoms with Gasteiger partial charge < -0.3 is 9.47 Å². The molecular weight excluding hydrogens is 187 g/mol. The maximum atomic E-state index is 13.5. The molecule has 0 aromatic heterocycles. The molecule has 0 N–H and O–H groups in total. The molecule has 3 nitrogen and oxygen atoms in total. The van der Waals surface area contributed by atoms with Crippen molar-refractivity contribution in [3.05, 3.63) is 23.5 Å². The number of Topliss-reactive ketones (excluding diaryl/α,β-unsaturated/α-hetero) is 1. The number of benzene rings is 1. The Morgan fingerprint density at radius 2 is 1.71 bits per heavy atom. The van der Waals surface area contributed by atoms with E-state index in [4.69, 9.17) is 9.47 Å². The van der Waals surface area contributed by atoms with Crippen LogP contribution in [0.3, 0.4) is 0 Å². The third kappa shape index (κ3) is 1.69. The van der Waals surface area contributed by atoms with E-state index in [1.54, 1.807) is 0 Å². The monoisotopic (exact) mass is 198 g/mol. The van der Waals surface area contributed by atoms with Crippen LogP contribution in [0.2, 0.25) is 0 Å². The molecule has 4 heteroatoms. The van der Waals surface area contributed by atoms with E-state index in [1.165, 1.54) is 33.3 Å². The molecule has 0 atom stereocenters. The Morgan fingerprint density at radius 1 is 1.21 bits per heavy atom. The molecular formula is C10H11FO3. The van der Waals surface area contributed by atoms with Gasteiger partial charge in [0.05, 0.1) is 19.8 Å². The van der Waals surface area contributed by atoms with E-state index in [0.717, 1.165) is 0 Å². The molecule has 14 heavy (non-hydrogen) atoms. The van der Waals surface area contributed by atoms with Gasteiger partial charge in [-0.3, -0.25) is 4.79 Å². The quantitative estimate of drug-likeness (QED) is 0.697. The molecule has 76 valence electrons. The van der Waals surface area contributed by atoms with E-state index in [2.05, 4.69) is 0 Å². The maximum Gasteiger partial charge on any atom is 0.179 e. The number of methoxy groups -OCH3 is 2. The number of hydrogen-bond donors (Lipinski definition) is 0. The third-order valence-corrected chi connectivity index (χ3v) is 1.86. The van der Waals surface area contributed by atoms with Gasteiger partial charge in [0.15, 0.2) is 17.3 Å². The second-order valence-corrected chi connectivity index (χ2v) is 2.72. The van der Waals surface area contributed by atoms with Crippen molar-refractivity contribution in [2.45, 2.75) is 6.92 Å². The fourth-order valence-electron chi connectivity index (χ4n) is 1.20. The van der Waals surface area contributed by atoms with Crippen LogP contribution in [-0.2, 0) is 0 Å². The zero-order chi connectivity index (χ0) is 10.7. The minimum absolute atomic E-state index is 0.0380. The lowest BCUT2D eigenvalue weighted by molar-refractivity contribution is 0.101. The highest BCUT2D eigenvalue weighted by Gasteiger charge is 2.17. The summed E-state index contributed by atoms with van der Waals surface area (Å²) in [6, 6.07) is 2.92. The molecule has 0 spiro atoms. The van der Waals surface area contributed by atoms with Gasteiger partial charge in [-0.25, -0.2) is 4.39 Å². The van der Waals surface area contributed by atoms with Gasteiger partial charge in [-0.1, -0.05) is 0 Å². The predicted molar refractivity (Wildman–Crippen MR) is 49.5 cm³/mol. The first-order valence-corrected chi connectivity index (χ1v) is 4.03. The van der Waals surface area contributed by atoms with Crippen LogP contribution in [0.15, 0.2) is 12.1 Å². The molecule has 0 saturated heterocycles. The first-order chi connectivity index (χ1) is 6.61. The number of carbonyl (C=O) groups is 1. The smallest absolute Gasteiger partial charge is 0.179 e. The molecule has 0 aliphatic heterocycles. The van der Waals surface area contributed by atoms with E-state index >= 15 is 0 Å². The van der Waals surface area contributed by atoms with Crippen molar-refractivity contribution < 1.29 is 18.7 Å². The average Bonchev–Trinajstić information content (AvgIpc) is 2.16. The Bertz CT molecular complexity index is 361. The lowest BCUT2D eigenvalue weighted by atomic mass is 10.1. The zero-order valence-corrected chi connectivity index (χ0v) is 8.26. The largest absolute Gasteiger partial charge is 0.496 e. The number of halogens is 1. The molecule has 1 rings (SSSR count). The van der Waals surface area contributed by atoms with Crippen LogP contribution in [0.1, 0.15) is 17.3 Å². The normalized spacial score (nSPS) is 9.71. The third-order valence-electron chi connectivity index (χ3n) is 1.86. The van der Waals surface area contributed by atoms with Crippen LogP contribution in [0.25, 0.3) is 0 Å². The summed E-state index contributed by atoms with van der Waals surface area (Å²) in [6.07, 6.45) is 0. The van der Waals surface area contributed by atoms with Gasteiger partial charge in [-0.05, 0) is 19.1 Å². The van der Waals surface area contributed by atoms with Crippen LogP contribution in [-0.4, -0.2) is 20.0 Å². The Kier molecular flexibility index (Phi) is 3.06. The average molecular weight is 198 g/mol. The van der Waals surface area contributed by atoms with E-state index in [9.17, 15) is 9.18 Å². The minimum atomic E-state index is -0.681. The number of carbonyl (C=O) groups excluding carboxylic acids is 1. The van der Waals surface area contributed by atoms with Crippen molar-refractivity contribution in [2.75, 3.05) is 14.2 Å². The SMILES string of the molecule is COc1ccc(OC)c(C(C)=O)c1F. The lowest BCUT2D eigenvalue weighted by Crippen LogP contribution is -2.03. The molecule has 0 aliphatic carbocycles.